The van der Waals surface area contributed by atoms with Crippen LogP contribution < -0.4 is 0 Å². The van der Waals surface area contributed by atoms with Crippen LogP contribution in [0.15, 0.2) is 12.2 Å². The molecule has 1 aliphatic heterocycles. The molecule has 0 radical (unpaired) electrons. The van der Waals surface area contributed by atoms with Gasteiger partial charge in [-0.05, 0) is 18.3 Å². The SMILES string of the molecule is O=C(O)[C@@H]1[C@H](C(=O)N2CCN(CCO)CC2)[C@@H]2C=C[C@H]1C2. The molecule has 0 aromatic heterocycles. The lowest BCUT2D eigenvalue weighted by Gasteiger charge is -2.37. The molecule has 2 fully saturated rings. The van der Waals surface area contributed by atoms with Gasteiger partial charge in [0.15, 0.2) is 0 Å². The van der Waals surface area contributed by atoms with Crippen molar-refractivity contribution in [2.75, 3.05) is 39.3 Å². The van der Waals surface area contributed by atoms with Crippen LogP contribution in [0.4, 0.5) is 0 Å². The number of amides is 1. The van der Waals surface area contributed by atoms with Gasteiger partial charge in [-0.15, -0.1) is 0 Å². The van der Waals surface area contributed by atoms with E-state index < -0.39 is 11.9 Å². The zero-order valence-corrected chi connectivity index (χ0v) is 12.0. The van der Waals surface area contributed by atoms with Crippen LogP contribution in [0, 0.1) is 23.7 Å². The summed E-state index contributed by atoms with van der Waals surface area (Å²) >= 11 is 0. The number of aliphatic carboxylic acids is 1. The predicted molar refractivity (Wildman–Crippen MR) is 75.5 cm³/mol. The second kappa shape index (κ2) is 5.77. The molecular formula is C15H22N2O4. The molecule has 2 aliphatic carbocycles. The third-order valence-corrected chi connectivity index (χ3v) is 5.13. The molecule has 0 spiro atoms. The van der Waals surface area contributed by atoms with Gasteiger partial charge < -0.3 is 15.1 Å². The number of piperazine rings is 1. The number of carboxylic acids is 1. The fraction of sp³-hybridized carbons (Fsp3) is 0.733. The van der Waals surface area contributed by atoms with Gasteiger partial charge in [-0.3, -0.25) is 14.5 Å². The molecule has 0 aromatic carbocycles. The Morgan fingerprint density at radius 2 is 1.67 bits per heavy atom. The van der Waals surface area contributed by atoms with E-state index in [1.165, 1.54) is 0 Å². The molecular weight excluding hydrogens is 272 g/mol. The van der Waals surface area contributed by atoms with Crippen LogP contribution >= 0.6 is 0 Å². The lowest BCUT2D eigenvalue weighted by atomic mass is 9.82. The number of rotatable bonds is 4. The van der Waals surface area contributed by atoms with Crippen LogP contribution in [0.25, 0.3) is 0 Å². The molecule has 3 rings (SSSR count). The molecule has 1 heterocycles. The molecule has 4 atom stereocenters. The molecule has 1 saturated carbocycles. The Bertz CT molecular complexity index is 457. The minimum absolute atomic E-state index is 0.00268. The fourth-order valence-electron chi connectivity index (χ4n) is 4.04. The van der Waals surface area contributed by atoms with Crippen LogP contribution in [0.2, 0.25) is 0 Å². The van der Waals surface area contributed by atoms with Crippen molar-refractivity contribution in [3.63, 3.8) is 0 Å². The van der Waals surface area contributed by atoms with E-state index in [1.807, 2.05) is 17.1 Å². The monoisotopic (exact) mass is 294 g/mol. The van der Waals surface area contributed by atoms with Crippen LogP contribution in [0.3, 0.4) is 0 Å². The van der Waals surface area contributed by atoms with Crippen molar-refractivity contribution >= 4 is 11.9 Å². The fourth-order valence-corrected chi connectivity index (χ4v) is 4.04. The van der Waals surface area contributed by atoms with Gasteiger partial charge >= 0.3 is 5.97 Å². The van der Waals surface area contributed by atoms with E-state index in [1.54, 1.807) is 0 Å². The summed E-state index contributed by atoms with van der Waals surface area (Å²) in [6, 6.07) is 0. The molecule has 6 heteroatoms. The topological polar surface area (TPSA) is 81.1 Å². The van der Waals surface area contributed by atoms with E-state index in [-0.39, 0.29) is 30.3 Å². The Morgan fingerprint density at radius 3 is 2.24 bits per heavy atom. The Labute approximate surface area is 124 Å². The number of nitrogens with zero attached hydrogens (tertiary/aromatic N) is 2. The van der Waals surface area contributed by atoms with Crippen LogP contribution in [-0.4, -0.2) is 71.2 Å². The largest absolute Gasteiger partial charge is 0.481 e. The first-order chi connectivity index (χ1) is 10.1. The van der Waals surface area contributed by atoms with Crippen LogP contribution in [0.1, 0.15) is 6.42 Å². The summed E-state index contributed by atoms with van der Waals surface area (Å²) in [4.78, 5) is 28.1. The smallest absolute Gasteiger partial charge is 0.307 e. The lowest BCUT2D eigenvalue weighted by Crippen LogP contribution is -2.52. The average molecular weight is 294 g/mol. The van der Waals surface area contributed by atoms with Gasteiger partial charge in [-0.25, -0.2) is 0 Å². The Hall–Kier alpha value is -1.40. The maximum absolute atomic E-state index is 12.7. The molecule has 1 saturated heterocycles. The molecule has 2 bridgehead atoms. The van der Waals surface area contributed by atoms with Crippen molar-refractivity contribution in [1.29, 1.82) is 0 Å². The Kier molecular flexibility index (Phi) is 3.99. The number of fused-ring (bicyclic) bond motifs is 2. The minimum Gasteiger partial charge on any atom is -0.481 e. The maximum atomic E-state index is 12.7. The first-order valence-corrected chi connectivity index (χ1v) is 7.65. The molecule has 0 unspecified atom stereocenters. The van der Waals surface area contributed by atoms with Gasteiger partial charge in [-0.2, -0.15) is 0 Å². The molecule has 1 amide bonds. The van der Waals surface area contributed by atoms with E-state index in [0.29, 0.717) is 19.6 Å². The molecule has 116 valence electrons. The maximum Gasteiger partial charge on any atom is 0.307 e. The highest BCUT2D eigenvalue weighted by molar-refractivity contribution is 5.87. The second-order valence-electron chi connectivity index (χ2n) is 6.23. The van der Waals surface area contributed by atoms with Gasteiger partial charge in [0.05, 0.1) is 18.4 Å². The first-order valence-electron chi connectivity index (χ1n) is 7.65. The van der Waals surface area contributed by atoms with E-state index in [9.17, 15) is 14.7 Å². The number of carbonyl (C=O) groups is 2. The van der Waals surface area contributed by atoms with Gasteiger partial charge in [0.2, 0.25) is 5.91 Å². The van der Waals surface area contributed by atoms with E-state index >= 15 is 0 Å². The number of β-amino-alcohol motifs (C(OH)–C–C–N with tert-alkyl or cyclic N) is 1. The van der Waals surface area contributed by atoms with Crippen molar-refractivity contribution in [2.45, 2.75) is 6.42 Å². The van der Waals surface area contributed by atoms with Gasteiger partial charge in [0.25, 0.3) is 0 Å². The molecule has 0 aromatic rings. The number of carboxylic acid groups (broad SMARTS) is 1. The van der Waals surface area contributed by atoms with Crippen molar-refractivity contribution < 1.29 is 19.8 Å². The first kappa shape index (κ1) is 14.5. The summed E-state index contributed by atoms with van der Waals surface area (Å²) < 4.78 is 0. The van der Waals surface area contributed by atoms with Gasteiger partial charge in [-0.1, -0.05) is 12.2 Å². The third-order valence-electron chi connectivity index (χ3n) is 5.13. The van der Waals surface area contributed by atoms with Crippen LogP contribution in [-0.2, 0) is 9.59 Å². The number of aliphatic hydroxyl groups excluding tert-OH is 1. The minimum atomic E-state index is -0.843. The van der Waals surface area contributed by atoms with E-state index in [4.69, 9.17) is 5.11 Å². The zero-order valence-electron chi connectivity index (χ0n) is 12.0. The second-order valence-corrected chi connectivity index (χ2v) is 6.23. The number of carbonyl (C=O) groups excluding carboxylic acids is 1. The number of hydrogen-bond donors (Lipinski definition) is 2. The Balaban J connectivity index is 1.66. The molecule has 3 aliphatic rings. The normalized spacial score (nSPS) is 35.4. The summed E-state index contributed by atoms with van der Waals surface area (Å²) in [5.74, 6) is -1.66. The Morgan fingerprint density at radius 1 is 1.05 bits per heavy atom. The summed E-state index contributed by atoms with van der Waals surface area (Å²) in [6.45, 7) is 3.52. The van der Waals surface area contributed by atoms with E-state index in [0.717, 1.165) is 19.5 Å². The summed E-state index contributed by atoms with van der Waals surface area (Å²) in [6.07, 6.45) is 4.79. The van der Waals surface area contributed by atoms with Gasteiger partial charge in [0.1, 0.15) is 0 Å². The van der Waals surface area contributed by atoms with Gasteiger partial charge in [0, 0.05) is 32.7 Å². The van der Waals surface area contributed by atoms with Crippen molar-refractivity contribution in [2.24, 2.45) is 23.7 Å². The number of aliphatic hydroxyl groups is 1. The highest BCUT2D eigenvalue weighted by Gasteiger charge is 2.52. The molecule has 2 N–H and O–H groups in total. The number of hydrogen-bond acceptors (Lipinski definition) is 4. The summed E-state index contributed by atoms with van der Waals surface area (Å²) in [5.41, 5.74) is 0. The van der Waals surface area contributed by atoms with Crippen molar-refractivity contribution in [3.8, 4) is 0 Å². The molecule has 21 heavy (non-hydrogen) atoms. The highest BCUT2D eigenvalue weighted by Crippen LogP contribution is 2.48. The summed E-state index contributed by atoms with van der Waals surface area (Å²) in [5, 5.41) is 18.4. The molecule has 6 nitrogen and oxygen atoms in total. The van der Waals surface area contributed by atoms with Crippen molar-refractivity contribution in [1.82, 2.24) is 9.80 Å². The van der Waals surface area contributed by atoms with Crippen molar-refractivity contribution in [3.05, 3.63) is 12.2 Å². The summed E-state index contributed by atoms with van der Waals surface area (Å²) in [7, 11) is 0. The lowest BCUT2D eigenvalue weighted by molar-refractivity contribution is -0.151. The average Bonchev–Trinajstić information content (AvgIpc) is 3.08. The standard InChI is InChI=1S/C15H22N2O4/c18-8-7-16-3-5-17(6-4-16)14(19)12-10-1-2-11(9-10)13(12)15(20)21/h1-2,10-13,18H,3-9H2,(H,20,21)/t10-,11+,12-,13+/m1/s1. The number of allylic oxidation sites excluding steroid dienone is 2. The third kappa shape index (κ3) is 2.58. The van der Waals surface area contributed by atoms with Crippen LogP contribution in [0.5, 0.6) is 0 Å². The van der Waals surface area contributed by atoms with E-state index in [2.05, 4.69) is 4.90 Å². The zero-order chi connectivity index (χ0) is 15.0. The highest BCUT2D eigenvalue weighted by atomic mass is 16.4. The predicted octanol–water partition coefficient (Wildman–Crippen LogP) is -0.354. The quantitative estimate of drug-likeness (QED) is 0.693.